The maximum Gasteiger partial charge on any atom is 0.0300 e. The van der Waals surface area contributed by atoms with Crippen LogP contribution in [0.15, 0.2) is 0 Å². The molecule has 2 saturated carbocycles. The van der Waals surface area contributed by atoms with Crippen LogP contribution in [0.5, 0.6) is 0 Å². The van der Waals surface area contributed by atoms with Crippen LogP contribution in [0.3, 0.4) is 0 Å². The summed E-state index contributed by atoms with van der Waals surface area (Å²) in [6.07, 6.45) is 7.16. The molecule has 0 aromatic rings. The van der Waals surface area contributed by atoms with E-state index in [0.29, 0.717) is 0 Å². The van der Waals surface area contributed by atoms with Crippen molar-refractivity contribution < 1.29 is 0 Å². The molecule has 0 aromatic carbocycles. The van der Waals surface area contributed by atoms with Gasteiger partial charge in [-0.2, -0.15) is 0 Å². The predicted molar refractivity (Wildman–Crippen MR) is 43.7 cm³/mol. The van der Waals surface area contributed by atoms with Gasteiger partial charge in [0.25, 0.3) is 0 Å². The fraction of sp³-hybridized carbons (Fsp3) is 1.00. The summed E-state index contributed by atoms with van der Waals surface area (Å²) in [5, 5.41) is 2.11. The van der Waals surface area contributed by atoms with E-state index in [-0.39, 0.29) is 0 Å². The molecule has 1 saturated heterocycles. The molecule has 1 heterocycles. The fourth-order valence-corrected chi connectivity index (χ4v) is 3.52. The summed E-state index contributed by atoms with van der Waals surface area (Å²) in [5.41, 5.74) is 0.729. The minimum absolute atomic E-state index is 0.729. The summed E-state index contributed by atoms with van der Waals surface area (Å²) in [4.78, 5) is 0. The second kappa shape index (κ2) is 1.80. The lowest BCUT2D eigenvalue weighted by atomic mass is 9.45. The topological polar surface area (TPSA) is 29.3 Å². The first-order chi connectivity index (χ1) is 5.33. The van der Waals surface area contributed by atoms with Crippen LogP contribution in [0.25, 0.3) is 0 Å². The van der Waals surface area contributed by atoms with Gasteiger partial charge in [0.15, 0.2) is 0 Å². The summed E-state index contributed by atoms with van der Waals surface area (Å²) in [6, 6.07) is 0.773. The van der Waals surface area contributed by atoms with Gasteiger partial charge >= 0.3 is 0 Å². The molecule has 2 heteroatoms. The SMILES string of the molecule is NN1CCC2CCC23CCC13. The average molecular weight is 152 g/mol. The zero-order chi connectivity index (χ0) is 7.47. The molecular formula is C9H16N2. The van der Waals surface area contributed by atoms with Crippen molar-refractivity contribution in [1.82, 2.24) is 5.01 Å². The molecular weight excluding hydrogens is 136 g/mol. The van der Waals surface area contributed by atoms with E-state index in [9.17, 15) is 0 Å². The minimum Gasteiger partial charge on any atom is -0.269 e. The van der Waals surface area contributed by atoms with E-state index < -0.39 is 0 Å². The van der Waals surface area contributed by atoms with Crippen LogP contribution in [0.1, 0.15) is 32.1 Å². The predicted octanol–water partition coefficient (Wildman–Crippen LogP) is 1.12. The standard InChI is InChI=1S/C9H16N2/c10-11-6-3-7-1-4-9(7)5-2-8(9)11/h7-8H,1-6,10H2. The van der Waals surface area contributed by atoms with E-state index in [1.165, 1.54) is 32.1 Å². The first kappa shape index (κ1) is 6.44. The van der Waals surface area contributed by atoms with E-state index in [1.54, 1.807) is 0 Å². The van der Waals surface area contributed by atoms with Gasteiger partial charge in [0.1, 0.15) is 0 Å². The normalized spacial score (nSPS) is 55.4. The number of piperidine rings is 1. The Bertz CT molecular complexity index is 188. The third kappa shape index (κ3) is 0.574. The molecule has 0 aromatic heterocycles. The molecule has 2 nitrogen and oxygen atoms in total. The Labute approximate surface area is 67.7 Å². The van der Waals surface area contributed by atoms with E-state index in [1.807, 2.05) is 0 Å². The molecule has 2 N–H and O–H groups in total. The molecule has 3 unspecified atom stereocenters. The van der Waals surface area contributed by atoms with Crippen LogP contribution >= 0.6 is 0 Å². The van der Waals surface area contributed by atoms with Gasteiger partial charge in [-0.3, -0.25) is 5.84 Å². The number of hydrogen-bond donors (Lipinski definition) is 1. The van der Waals surface area contributed by atoms with E-state index in [4.69, 9.17) is 5.84 Å². The molecule has 3 fully saturated rings. The molecule has 0 radical (unpaired) electrons. The molecule has 3 rings (SSSR count). The molecule has 11 heavy (non-hydrogen) atoms. The van der Waals surface area contributed by atoms with Gasteiger partial charge in [0.05, 0.1) is 0 Å². The summed E-state index contributed by atoms with van der Waals surface area (Å²) >= 11 is 0. The largest absolute Gasteiger partial charge is 0.269 e. The van der Waals surface area contributed by atoms with Crippen LogP contribution in [-0.2, 0) is 0 Å². The molecule has 2 aliphatic carbocycles. The van der Waals surface area contributed by atoms with Crippen molar-refractivity contribution >= 4 is 0 Å². The fourth-order valence-electron chi connectivity index (χ4n) is 3.52. The van der Waals surface area contributed by atoms with Gasteiger partial charge in [-0.1, -0.05) is 0 Å². The Hall–Kier alpha value is -0.0800. The van der Waals surface area contributed by atoms with Crippen LogP contribution in [-0.4, -0.2) is 17.6 Å². The minimum atomic E-state index is 0.729. The second-order valence-corrected chi connectivity index (χ2v) is 4.55. The van der Waals surface area contributed by atoms with E-state index in [2.05, 4.69) is 5.01 Å². The number of hydrazine groups is 1. The van der Waals surface area contributed by atoms with Crippen LogP contribution < -0.4 is 5.84 Å². The molecule has 62 valence electrons. The van der Waals surface area contributed by atoms with Crippen molar-refractivity contribution in [2.45, 2.75) is 38.1 Å². The third-order valence-electron chi connectivity index (χ3n) is 4.45. The lowest BCUT2D eigenvalue weighted by Crippen LogP contribution is -2.68. The van der Waals surface area contributed by atoms with E-state index in [0.717, 1.165) is 23.9 Å². The van der Waals surface area contributed by atoms with Crippen molar-refractivity contribution in [2.24, 2.45) is 17.2 Å². The molecule has 1 aliphatic heterocycles. The summed E-state index contributed by atoms with van der Waals surface area (Å²) in [7, 11) is 0. The molecule has 1 spiro atoms. The first-order valence-corrected chi connectivity index (χ1v) is 4.84. The highest BCUT2D eigenvalue weighted by Crippen LogP contribution is 2.63. The number of nitrogens with two attached hydrogens (primary N) is 1. The quantitative estimate of drug-likeness (QED) is 0.527. The maximum atomic E-state index is 5.93. The third-order valence-corrected chi connectivity index (χ3v) is 4.45. The van der Waals surface area contributed by atoms with Crippen molar-refractivity contribution in [1.29, 1.82) is 0 Å². The lowest BCUT2D eigenvalue weighted by Gasteiger charge is -2.66. The maximum absolute atomic E-state index is 5.93. The van der Waals surface area contributed by atoms with Crippen molar-refractivity contribution in [3.05, 3.63) is 0 Å². The van der Waals surface area contributed by atoms with Crippen molar-refractivity contribution in [3.63, 3.8) is 0 Å². The molecule has 3 atom stereocenters. The molecule has 0 bridgehead atoms. The average Bonchev–Trinajstić information content (AvgIpc) is 1.80. The van der Waals surface area contributed by atoms with Gasteiger partial charge in [0, 0.05) is 12.6 Å². The summed E-state index contributed by atoms with van der Waals surface area (Å²) in [6.45, 7) is 1.15. The summed E-state index contributed by atoms with van der Waals surface area (Å²) < 4.78 is 0. The molecule has 0 amide bonds. The highest BCUT2D eigenvalue weighted by molar-refractivity contribution is 5.12. The molecule has 3 aliphatic rings. The Kier molecular flexibility index (Phi) is 1.06. The van der Waals surface area contributed by atoms with Gasteiger partial charge in [-0.25, -0.2) is 5.01 Å². The smallest absolute Gasteiger partial charge is 0.0300 e. The lowest BCUT2D eigenvalue weighted by molar-refractivity contribution is -0.170. The Morgan fingerprint density at radius 2 is 2.00 bits per heavy atom. The van der Waals surface area contributed by atoms with Crippen molar-refractivity contribution in [3.8, 4) is 0 Å². The van der Waals surface area contributed by atoms with Gasteiger partial charge in [-0.15, -0.1) is 0 Å². The zero-order valence-electron chi connectivity index (χ0n) is 6.92. The van der Waals surface area contributed by atoms with Crippen LogP contribution in [0.2, 0.25) is 0 Å². The Morgan fingerprint density at radius 1 is 1.18 bits per heavy atom. The first-order valence-electron chi connectivity index (χ1n) is 4.84. The number of rotatable bonds is 0. The second-order valence-electron chi connectivity index (χ2n) is 4.55. The van der Waals surface area contributed by atoms with Crippen LogP contribution in [0.4, 0.5) is 0 Å². The highest BCUT2D eigenvalue weighted by Gasteiger charge is 2.60. The monoisotopic (exact) mass is 152 g/mol. The van der Waals surface area contributed by atoms with E-state index >= 15 is 0 Å². The van der Waals surface area contributed by atoms with Gasteiger partial charge in [0.2, 0.25) is 0 Å². The van der Waals surface area contributed by atoms with Gasteiger partial charge < -0.3 is 0 Å². The Balaban J connectivity index is 1.88. The van der Waals surface area contributed by atoms with Gasteiger partial charge in [-0.05, 0) is 43.4 Å². The number of hydrogen-bond acceptors (Lipinski definition) is 2. The number of nitrogens with zero attached hydrogens (tertiary/aromatic N) is 1. The zero-order valence-corrected chi connectivity index (χ0v) is 6.92. The van der Waals surface area contributed by atoms with Crippen LogP contribution in [0, 0.1) is 11.3 Å². The highest BCUT2D eigenvalue weighted by atomic mass is 15.4. The van der Waals surface area contributed by atoms with Crippen molar-refractivity contribution in [2.75, 3.05) is 6.54 Å². The Morgan fingerprint density at radius 3 is 2.45 bits per heavy atom. The summed E-state index contributed by atoms with van der Waals surface area (Å²) in [5.74, 6) is 6.99.